The van der Waals surface area contributed by atoms with E-state index in [9.17, 15) is 0 Å². The average molecular weight is 269 g/mol. The highest BCUT2D eigenvalue weighted by atomic mass is 16.5. The van der Waals surface area contributed by atoms with Crippen molar-refractivity contribution in [1.29, 1.82) is 0 Å². The lowest BCUT2D eigenvalue weighted by molar-refractivity contribution is 0.461. The third-order valence-electron chi connectivity index (χ3n) is 3.69. The molecule has 0 bridgehead atoms. The molecular formula is C18H23NO. The molecule has 0 saturated carbocycles. The van der Waals surface area contributed by atoms with Gasteiger partial charge in [0, 0.05) is 11.6 Å². The number of ether oxygens (including phenoxy) is 1. The monoisotopic (exact) mass is 269 g/mol. The van der Waals surface area contributed by atoms with Gasteiger partial charge in [-0.15, -0.1) is 0 Å². The molecule has 2 aromatic rings. The van der Waals surface area contributed by atoms with Crippen molar-refractivity contribution in [2.24, 2.45) is 5.73 Å². The molecule has 0 radical (unpaired) electrons. The van der Waals surface area contributed by atoms with E-state index in [0.717, 1.165) is 23.5 Å². The SMILES string of the molecule is CCC(C)c1ccccc1Oc1ccccc1C(C)N. The van der Waals surface area contributed by atoms with Crippen molar-refractivity contribution >= 4 is 0 Å². The molecule has 0 fully saturated rings. The summed E-state index contributed by atoms with van der Waals surface area (Å²) in [6, 6.07) is 16.2. The van der Waals surface area contributed by atoms with Crippen molar-refractivity contribution in [2.45, 2.75) is 39.2 Å². The van der Waals surface area contributed by atoms with Crippen LogP contribution >= 0.6 is 0 Å². The fraction of sp³-hybridized carbons (Fsp3) is 0.333. The molecule has 0 aliphatic carbocycles. The average Bonchev–Trinajstić information content (AvgIpc) is 2.47. The summed E-state index contributed by atoms with van der Waals surface area (Å²) in [5.41, 5.74) is 8.29. The first-order valence-electron chi connectivity index (χ1n) is 7.24. The molecule has 2 N–H and O–H groups in total. The van der Waals surface area contributed by atoms with E-state index >= 15 is 0 Å². The fourth-order valence-corrected chi connectivity index (χ4v) is 2.27. The number of hydrogen-bond donors (Lipinski definition) is 1. The third-order valence-corrected chi connectivity index (χ3v) is 3.69. The summed E-state index contributed by atoms with van der Waals surface area (Å²) in [4.78, 5) is 0. The van der Waals surface area contributed by atoms with Gasteiger partial charge in [-0.3, -0.25) is 0 Å². The number of nitrogens with two attached hydrogens (primary N) is 1. The van der Waals surface area contributed by atoms with Crippen LogP contribution < -0.4 is 10.5 Å². The summed E-state index contributed by atoms with van der Waals surface area (Å²) in [6.07, 6.45) is 1.09. The number of para-hydroxylation sites is 2. The Hall–Kier alpha value is -1.80. The van der Waals surface area contributed by atoms with Gasteiger partial charge < -0.3 is 10.5 Å². The zero-order valence-electron chi connectivity index (χ0n) is 12.5. The highest BCUT2D eigenvalue weighted by Crippen LogP contribution is 2.34. The van der Waals surface area contributed by atoms with E-state index in [-0.39, 0.29) is 6.04 Å². The minimum Gasteiger partial charge on any atom is -0.457 e. The van der Waals surface area contributed by atoms with E-state index in [2.05, 4.69) is 26.0 Å². The Kier molecular flexibility index (Phi) is 4.80. The van der Waals surface area contributed by atoms with Gasteiger partial charge in [0.15, 0.2) is 0 Å². The molecule has 2 rings (SSSR count). The van der Waals surface area contributed by atoms with Crippen molar-refractivity contribution in [3.05, 3.63) is 59.7 Å². The molecule has 0 heterocycles. The molecular weight excluding hydrogens is 246 g/mol. The van der Waals surface area contributed by atoms with E-state index in [1.807, 2.05) is 43.3 Å². The second-order valence-corrected chi connectivity index (χ2v) is 5.28. The quantitative estimate of drug-likeness (QED) is 0.827. The summed E-state index contributed by atoms with van der Waals surface area (Å²) >= 11 is 0. The van der Waals surface area contributed by atoms with Crippen LogP contribution in [-0.4, -0.2) is 0 Å². The summed E-state index contributed by atoms with van der Waals surface area (Å²) < 4.78 is 6.14. The highest BCUT2D eigenvalue weighted by Gasteiger charge is 2.13. The van der Waals surface area contributed by atoms with Gasteiger partial charge in [-0.05, 0) is 37.0 Å². The van der Waals surface area contributed by atoms with Crippen molar-refractivity contribution in [3.63, 3.8) is 0 Å². The van der Waals surface area contributed by atoms with E-state index in [1.54, 1.807) is 0 Å². The lowest BCUT2D eigenvalue weighted by Crippen LogP contribution is -2.07. The fourth-order valence-electron chi connectivity index (χ4n) is 2.27. The molecule has 20 heavy (non-hydrogen) atoms. The first kappa shape index (κ1) is 14.6. The topological polar surface area (TPSA) is 35.2 Å². The van der Waals surface area contributed by atoms with Crippen molar-refractivity contribution in [1.82, 2.24) is 0 Å². The summed E-state index contributed by atoms with van der Waals surface area (Å²) in [5.74, 6) is 2.25. The largest absolute Gasteiger partial charge is 0.457 e. The Bertz CT molecular complexity index is 563. The molecule has 2 unspecified atom stereocenters. The van der Waals surface area contributed by atoms with Gasteiger partial charge in [0.2, 0.25) is 0 Å². The van der Waals surface area contributed by atoms with Gasteiger partial charge in [0.25, 0.3) is 0 Å². The van der Waals surface area contributed by atoms with E-state index in [0.29, 0.717) is 5.92 Å². The predicted octanol–water partition coefficient (Wildman–Crippen LogP) is 5.01. The van der Waals surface area contributed by atoms with Crippen LogP contribution in [0.1, 0.15) is 50.3 Å². The molecule has 0 spiro atoms. The zero-order valence-corrected chi connectivity index (χ0v) is 12.5. The number of benzene rings is 2. The first-order valence-corrected chi connectivity index (χ1v) is 7.24. The second kappa shape index (κ2) is 6.58. The van der Waals surface area contributed by atoms with Crippen LogP contribution in [0.4, 0.5) is 0 Å². The van der Waals surface area contributed by atoms with Crippen LogP contribution in [0.2, 0.25) is 0 Å². The van der Waals surface area contributed by atoms with Gasteiger partial charge in [-0.1, -0.05) is 50.2 Å². The number of rotatable bonds is 5. The highest BCUT2D eigenvalue weighted by molar-refractivity contribution is 5.43. The molecule has 0 aromatic heterocycles. The van der Waals surface area contributed by atoms with Crippen LogP contribution in [0.25, 0.3) is 0 Å². The lowest BCUT2D eigenvalue weighted by Gasteiger charge is -2.18. The van der Waals surface area contributed by atoms with Gasteiger partial charge >= 0.3 is 0 Å². The van der Waals surface area contributed by atoms with Crippen LogP contribution in [-0.2, 0) is 0 Å². The minimum absolute atomic E-state index is 0.0399. The molecule has 0 aliphatic rings. The summed E-state index contributed by atoms with van der Waals surface area (Å²) in [7, 11) is 0. The molecule has 2 nitrogen and oxygen atoms in total. The molecule has 0 saturated heterocycles. The minimum atomic E-state index is -0.0399. The third kappa shape index (κ3) is 3.20. The molecule has 0 amide bonds. The normalized spacial score (nSPS) is 13.8. The Labute approximate surface area is 121 Å². The molecule has 0 aliphatic heterocycles. The summed E-state index contributed by atoms with van der Waals surface area (Å²) in [5, 5.41) is 0. The molecule has 2 atom stereocenters. The van der Waals surface area contributed by atoms with Crippen molar-refractivity contribution in [2.75, 3.05) is 0 Å². The maximum Gasteiger partial charge on any atom is 0.132 e. The van der Waals surface area contributed by atoms with E-state index < -0.39 is 0 Å². The van der Waals surface area contributed by atoms with Crippen LogP contribution in [0.3, 0.4) is 0 Å². The summed E-state index contributed by atoms with van der Waals surface area (Å²) in [6.45, 7) is 6.39. The zero-order chi connectivity index (χ0) is 14.5. The van der Waals surface area contributed by atoms with Crippen molar-refractivity contribution in [3.8, 4) is 11.5 Å². The Morgan fingerprint density at radius 1 is 0.900 bits per heavy atom. The van der Waals surface area contributed by atoms with Gasteiger partial charge in [-0.2, -0.15) is 0 Å². The standard InChI is InChI=1S/C18H23NO/c1-4-13(2)15-9-5-7-11-17(15)20-18-12-8-6-10-16(18)14(3)19/h5-14H,4,19H2,1-3H3. The van der Waals surface area contributed by atoms with E-state index in [4.69, 9.17) is 10.5 Å². The Morgan fingerprint density at radius 2 is 1.40 bits per heavy atom. The van der Waals surface area contributed by atoms with Gasteiger partial charge in [-0.25, -0.2) is 0 Å². The molecule has 2 aromatic carbocycles. The van der Waals surface area contributed by atoms with Gasteiger partial charge in [0.05, 0.1) is 0 Å². The smallest absolute Gasteiger partial charge is 0.132 e. The number of hydrogen-bond acceptors (Lipinski definition) is 2. The first-order chi connectivity index (χ1) is 9.63. The van der Waals surface area contributed by atoms with Crippen LogP contribution in [0.5, 0.6) is 11.5 Å². The predicted molar refractivity (Wildman–Crippen MR) is 84.3 cm³/mol. The Balaban J connectivity index is 2.36. The van der Waals surface area contributed by atoms with E-state index in [1.165, 1.54) is 5.56 Å². The second-order valence-electron chi connectivity index (χ2n) is 5.28. The van der Waals surface area contributed by atoms with Crippen molar-refractivity contribution < 1.29 is 4.74 Å². The van der Waals surface area contributed by atoms with Crippen LogP contribution in [0, 0.1) is 0 Å². The molecule has 106 valence electrons. The maximum absolute atomic E-state index is 6.14. The lowest BCUT2D eigenvalue weighted by atomic mass is 9.98. The maximum atomic E-state index is 6.14. The van der Waals surface area contributed by atoms with Gasteiger partial charge in [0.1, 0.15) is 11.5 Å². The Morgan fingerprint density at radius 3 is 1.95 bits per heavy atom. The molecule has 2 heteroatoms. The van der Waals surface area contributed by atoms with Crippen LogP contribution in [0.15, 0.2) is 48.5 Å².